The van der Waals surface area contributed by atoms with Gasteiger partial charge in [-0.2, -0.15) is 0 Å². The maximum atomic E-state index is 5.82. The van der Waals surface area contributed by atoms with Gasteiger partial charge in [-0.15, -0.1) is 0 Å². The van der Waals surface area contributed by atoms with Gasteiger partial charge in [-0.05, 0) is 25.7 Å². The molecular formula is C40H86Br2N2O5. The van der Waals surface area contributed by atoms with Gasteiger partial charge < -0.3 is 66.6 Å². The van der Waals surface area contributed by atoms with E-state index in [-0.39, 0.29) is 34.0 Å². The van der Waals surface area contributed by atoms with E-state index in [1.807, 2.05) is 0 Å². The molecule has 7 nitrogen and oxygen atoms in total. The predicted molar refractivity (Wildman–Crippen MR) is 201 cm³/mol. The number of likely N-dealkylation sites (N-methyl/N-ethyl adjacent to an activating group) is 2. The summed E-state index contributed by atoms with van der Waals surface area (Å²) in [6.07, 6.45) is 27.9. The van der Waals surface area contributed by atoms with Crippen LogP contribution in [0, 0.1) is 0 Å². The Bertz CT molecular complexity index is 567. The molecule has 0 N–H and O–H groups in total. The molecule has 0 amide bonds. The third kappa shape index (κ3) is 44.8. The molecule has 0 aromatic carbocycles. The second kappa shape index (κ2) is 41.4. The Labute approximate surface area is 328 Å². The van der Waals surface area contributed by atoms with Crippen molar-refractivity contribution in [1.29, 1.82) is 0 Å². The van der Waals surface area contributed by atoms with Crippen molar-refractivity contribution < 1.29 is 66.6 Å². The molecule has 0 aromatic rings. The third-order valence-corrected chi connectivity index (χ3v) is 9.40. The van der Waals surface area contributed by atoms with Crippen molar-refractivity contribution in [2.75, 3.05) is 120 Å². The molecule has 0 bridgehead atoms. The lowest BCUT2D eigenvalue weighted by Gasteiger charge is -2.29. The molecule has 0 atom stereocenters. The van der Waals surface area contributed by atoms with E-state index in [1.54, 1.807) is 0 Å². The van der Waals surface area contributed by atoms with Crippen LogP contribution in [-0.2, 0) is 23.7 Å². The number of quaternary nitrogens is 2. The highest BCUT2D eigenvalue weighted by atomic mass is 79.9. The minimum Gasteiger partial charge on any atom is -1.00 e. The van der Waals surface area contributed by atoms with Gasteiger partial charge in [-0.3, -0.25) is 0 Å². The Kier molecular flexibility index (Phi) is 45.7. The highest BCUT2D eigenvalue weighted by molar-refractivity contribution is 4.49. The Morgan fingerprint density at radius 2 is 0.469 bits per heavy atom. The summed E-state index contributed by atoms with van der Waals surface area (Å²) in [5, 5.41) is 0. The molecule has 0 heterocycles. The molecule has 0 unspecified atom stereocenters. The first-order valence-corrected chi connectivity index (χ1v) is 20.4. The maximum absolute atomic E-state index is 5.82. The van der Waals surface area contributed by atoms with Gasteiger partial charge in [-0.1, -0.05) is 117 Å². The highest BCUT2D eigenvalue weighted by Gasteiger charge is 2.15. The van der Waals surface area contributed by atoms with Crippen molar-refractivity contribution in [2.45, 2.75) is 142 Å². The summed E-state index contributed by atoms with van der Waals surface area (Å²) < 4.78 is 30.6. The van der Waals surface area contributed by atoms with Crippen LogP contribution in [-0.4, -0.2) is 129 Å². The van der Waals surface area contributed by atoms with Crippen LogP contribution in [0.5, 0.6) is 0 Å². The van der Waals surface area contributed by atoms with Crippen LogP contribution in [0.25, 0.3) is 0 Å². The van der Waals surface area contributed by atoms with E-state index < -0.39 is 0 Å². The molecule has 0 rings (SSSR count). The maximum Gasteiger partial charge on any atom is 0.102 e. The monoisotopic (exact) mass is 832 g/mol. The first-order chi connectivity index (χ1) is 22.8. The van der Waals surface area contributed by atoms with Crippen molar-refractivity contribution in [3.63, 3.8) is 0 Å². The summed E-state index contributed by atoms with van der Waals surface area (Å²) in [6, 6.07) is 0. The fourth-order valence-electron chi connectivity index (χ4n) is 5.88. The van der Waals surface area contributed by atoms with E-state index in [4.69, 9.17) is 23.7 Å². The first-order valence-electron chi connectivity index (χ1n) is 20.4. The molecule has 0 aliphatic rings. The summed E-state index contributed by atoms with van der Waals surface area (Å²) in [4.78, 5) is 0. The smallest absolute Gasteiger partial charge is 0.102 e. The Morgan fingerprint density at radius 3 is 0.714 bits per heavy atom. The van der Waals surface area contributed by atoms with E-state index in [0.29, 0.717) is 52.9 Å². The van der Waals surface area contributed by atoms with Gasteiger partial charge in [0.25, 0.3) is 0 Å². The van der Waals surface area contributed by atoms with E-state index in [9.17, 15) is 0 Å². The number of nitrogens with zero attached hydrogens (tertiary/aromatic N) is 2. The van der Waals surface area contributed by atoms with Crippen molar-refractivity contribution >= 4 is 0 Å². The van der Waals surface area contributed by atoms with Gasteiger partial charge in [-0.25, -0.2) is 0 Å². The quantitative estimate of drug-likeness (QED) is 0.0703. The number of ether oxygens (including phenoxy) is 5. The summed E-state index contributed by atoms with van der Waals surface area (Å²) in [7, 11) is 9.29. The zero-order chi connectivity index (χ0) is 34.6. The Balaban J connectivity index is -0.0000106. The largest absolute Gasteiger partial charge is 1.00 e. The third-order valence-electron chi connectivity index (χ3n) is 9.40. The first kappa shape index (κ1) is 54.0. The number of hydrogen-bond donors (Lipinski definition) is 0. The van der Waals surface area contributed by atoms with Crippen LogP contribution in [0.1, 0.15) is 142 Å². The molecule has 0 aromatic heterocycles. The predicted octanol–water partition coefficient (Wildman–Crippen LogP) is 3.07. The van der Waals surface area contributed by atoms with Crippen LogP contribution >= 0.6 is 0 Å². The minimum atomic E-state index is 0. The molecule has 0 saturated carbocycles. The second-order valence-electron chi connectivity index (χ2n) is 15.2. The van der Waals surface area contributed by atoms with Crippen LogP contribution in [0.15, 0.2) is 0 Å². The SMILES string of the molecule is CCCCCCCCCCCC[N+](C)(C)CCOCCOCCOCCOCCOCC[N+](C)(C)CCCCCCCCCCCC.[Br-].[Br-]. The van der Waals surface area contributed by atoms with E-state index in [2.05, 4.69) is 42.0 Å². The summed E-state index contributed by atoms with van der Waals surface area (Å²) >= 11 is 0. The summed E-state index contributed by atoms with van der Waals surface area (Å²) in [5.74, 6) is 0. The zero-order valence-corrected chi connectivity index (χ0v) is 36.9. The van der Waals surface area contributed by atoms with Crippen LogP contribution in [0.3, 0.4) is 0 Å². The molecule has 0 aliphatic carbocycles. The lowest BCUT2D eigenvalue weighted by atomic mass is 10.1. The molecule has 49 heavy (non-hydrogen) atoms. The van der Waals surface area contributed by atoms with Crippen LogP contribution in [0.4, 0.5) is 0 Å². The van der Waals surface area contributed by atoms with Gasteiger partial charge in [0.05, 0.1) is 107 Å². The van der Waals surface area contributed by atoms with E-state index >= 15 is 0 Å². The number of halogens is 2. The molecule has 0 radical (unpaired) electrons. The lowest BCUT2D eigenvalue weighted by Crippen LogP contribution is -3.00. The Hall–Kier alpha value is 0.680. The molecular weight excluding hydrogens is 748 g/mol. The van der Waals surface area contributed by atoms with Crippen LogP contribution in [0.2, 0.25) is 0 Å². The minimum absolute atomic E-state index is 0. The van der Waals surface area contributed by atoms with Crippen molar-refractivity contribution in [3.8, 4) is 0 Å². The number of rotatable bonds is 40. The van der Waals surface area contributed by atoms with E-state index in [1.165, 1.54) is 142 Å². The standard InChI is InChI=1S/C40H86N2O5.2BrH/c1-7-9-11-13-15-17-19-21-23-25-27-41(3,4)29-31-43-33-35-45-37-39-47-40-38-46-36-34-44-32-30-42(5,6)28-26-24-22-20-18-16-14-12-10-8-2;;/h7-40H2,1-6H3;2*1H/q+2;;/p-2. The zero-order valence-electron chi connectivity index (χ0n) is 33.7. The molecule has 9 heteroatoms. The number of unbranched alkanes of at least 4 members (excludes halogenated alkanes) is 18. The molecule has 300 valence electrons. The van der Waals surface area contributed by atoms with Gasteiger partial charge >= 0.3 is 0 Å². The van der Waals surface area contributed by atoms with Crippen molar-refractivity contribution in [2.24, 2.45) is 0 Å². The topological polar surface area (TPSA) is 46.2 Å². The lowest BCUT2D eigenvalue weighted by molar-refractivity contribution is -0.891. The number of hydrogen-bond acceptors (Lipinski definition) is 5. The van der Waals surface area contributed by atoms with Gasteiger partial charge in [0.1, 0.15) is 13.1 Å². The van der Waals surface area contributed by atoms with Crippen molar-refractivity contribution in [3.05, 3.63) is 0 Å². The fourth-order valence-corrected chi connectivity index (χ4v) is 5.88. The molecule has 0 fully saturated rings. The molecule has 0 spiro atoms. The van der Waals surface area contributed by atoms with Gasteiger partial charge in [0.2, 0.25) is 0 Å². The summed E-state index contributed by atoms with van der Waals surface area (Å²) in [6.45, 7) is 15.7. The summed E-state index contributed by atoms with van der Waals surface area (Å²) in [5.41, 5.74) is 0. The normalized spacial score (nSPS) is 11.9. The highest BCUT2D eigenvalue weighted by Crippen LogP contribution is 2.13. The van der Waals surface area contributed by atoms with Gasteiger partial charge in [0.15, 0.2) is 0 Å². The average Bonchev–Trinajstić information content (AvgIpc) is 3.04. The van der Waals surface area contributed by atoms with Crippen LogP contribution < -0.4 is 34.0 Å². The molecule has 0 aliphatic heterocycles. The van der Waals surface area contributed by atoms with Crippen molar-refractivity contribution in [1.82, 2.24) is 0 Å². The second-order valence-corrected chi connectivity index (χ2v) is 15.2. The van der Waals surface area contributed by atoms with Gasteiger partial charge in [0, 0.05) is 0 Å². The van der Waals surface area contributed by atoms with E-state index in [0.717, 1.165) is 35.3 Å². The Morgan fingerprint density at radius 1 is 0.265 bits per heavy atom. The fraction of sp³-hybridized carbons (Fsp3) is 1.00. The average molecular weight is 835 g/mol. The molecule has 0 saturated heterocycles.